The van der Waals surface area contributed by atoms with Crippen molar-refractivity contribution in [3.05, 3.63) is 28.2 Å². The highest BCUT2D eigenvalue weighted by Gasteiger charge is 2.49. The van der Waals surface area contributed by atoms with Crippen molar-refractivity contribution in [1.29, 1.82) is 0 Å². The first-order valence-electron chi connectivity index (χ1n) is 8.24. The standard InChI is InChI=1S/C18H25Cl2NO4S/c1-7-11(2)18(6,16(23)25-17(3,4)5)15(22)21-26(24)12-8-9-13(19)14(20)10-12/h8-11H,7H2,1-6H3,(H,21,22)/t11-,18?,26?/m0/s1. The van der Waals surface area contributed by atoms with Gasteiger partial charge in [0, 0.05) is 6.07 Å². The minimum atomic E-state index is -1.89. The lowest BCUT2D eigenvalue weighted by atomic mass is 9.76. The second kappa shape index (κ2) is 8.83. The second-order valence-corrected chi connectivity index (χ2v) is 9.32. The Hall–Kier alpha value is -0.950. The highest BCUT2D eigenvalue weighted by molar-refractivity contribution is 7.90. The first-order valence-corrected chi connectivity index (χ1v) is 10.1. The lowest BCUT2D eigenvalue weighted by molar-refractivity contribution is -0.173. The molecule has 0 aliphatic rings. The van der Waals surface area contributed by atoms with Gasteiger partial charge in [-0.25, -0.2) is 0 Å². The summed E-state index contributed by atoms with van der Waals surface area (Å²) in [5, 5.41) is 0.542. The van der Waals surface area contributed by atoms with Crippen LogP contribution in [0, 0.1) is 11.3 Å². The molecule has 5 nitrogen and oxygen atoms in total. The SMILES string of the molecule is CC[C@H](C)C(C)(C(=O)N[S+]([O-])c1ccc(Cl)c(Cl)c1)C(=O)OC(C)(C)C. The Kier molecular flexibility index (Phi) is 7.84. The van der Waals surface area contributed by atoms with Crippen LogP contribution in [0.3, 0.4) is 0 Å². The number of hydrogen-bond donors (Lipinski definition) is 1. The lowest BCUT2D eigenvalue weighted by Gasteiger charge is -2.34. The number of ether oxygens (including phenoxy) is 1. The zero-order chi connectivity index (χ0) is 20.3. The van der Waals surface area contributed by atoms with Gasteiger partial charge in [0.05, 0.1) is 10.0 Å². The fourth-order valence-corrected chi connectivity index (χ4v) is 3.43. The van der Waals surface area contributed by atoms with Crippen LogP contribution in [0.15, 0.2) is 23.1 Å². The van der Waals surface area contributed by atoms with Crippen LogP contribution in [0.1, 0.15) is 48.0 Å². The minimum Gasteiger partial charge on any atom is -0.588 e. The summed E-state index contributed by atoms with van der Waals surface area (Å²) in [5.74, 6) is -1.63. The zero-order valence-electron chi connectivity index (χ0n) is 15.8. The first kappa shape index (κ1) is 23.1. The average molecular weight is 422 g/mol. The molecule has 0 heterocycles. The third-order valence-corrected chi connectivity index (χ3v) is 5.98. The minimum absolute atomic E-state index is 0.226. The van der Waals surface area contributed by atoms with Crippen LogP contribution in [-0.2, 0) is 25.7 Å². The maximum Gasteiger partial charge on any atom is 0.322 e. The van der Waals surface area contributed by atoms with E-state index in [1.807, 2.05) is 6.92 Å². The van der Waals surface area contributed by atoms with E-state index in [1.54, 1.807) is 27.7 Å². The van der Waals surface area contributed by atoms with E-state index in [0.29, 0.717) is 11.4 Å². The van der Waals surface area contributed by atoms with Gasteiger partial charge in [0.15, 0.2) is 4.90 Å². The number of nitrogens with one attached hydrogen (secondary N) is 1. The Labute approximate surface area is 168 Å². The lowest BCUT2D eigenvalue weighted by Crippen LogP contribution is -2.52. The third-order valence-electron chi connectivity index (χ3n) is 4.18. The van der Waals surface area contributed by atoms with Crippen molar-refractivity contribution in [2.75, 3.05) is 0 Å². The van der Waals surface area contributed by atoms with E-state index in [4.69, 9.17) is 27.9 Å². The van der Waals surface area contributed by atoms with E-state index in [9.17, 15) is 14.1 Å². The highest BCUT2D eigenvalue weighted by Crippen LogP contribution is 2.34. The van der Waals surface area contributed by atoms with E-state index >= 15 is 0 Å². The number of carbonyl (C=O) groups is 2. The quantitative estimate of drug-likeness (QED) is 0.415. The third kappa shape index (κ3) is 5.52. The molecule has 26 heavy (non-hydrogen) atoms. The molecule has 0 bridgehead atoms. The van der Waals surface area contributed by atoms with Crippen molar-refractivity contribution < 1.29 is 18.9 Å². The summed E-state index contributed by atoms with van der Waals surface area (Å²) in [7, 11) is 0. The van der Waals surface area contributed by atoms with Crippen molar-refractivity contribution in [1.82, 2.24) is 4.72 Å². The molecule has 3 atom stereocenters. The number of halogens is 2. The molecule has 0 saturated heterocycles. The van der Waals surface area contributed by atoms with Gasteiger partial charge in [-0.2, -0.15) is 4.72 Å². The summed E-state index contributed by atoms with van der Waals surface area (Å²) in [6.45, 7) is 10.4. The number of esters is 1. The van der Waals surface area contributed by atoms with E-state index in [1.165, 1.54) is 25.1 Å². The molecule has 0 aliphatic carbocycles. The highest BCUT2D eigenvalue weighted by atomic mass is 35.5. The number of carbonyl (C=O) groups excluding carboxylic acids is 2. The topological polar surface area (TPSA) is 78.5 Å². The number of hydrogen-bond acceptors (Lipinski definition) is 4. The average Bonchev–Trinajstić information content (AvgIpc) is 2.53. The number of benzene rings is 1. The molecule has 0 radical (unpaired) electrons. The second-order valence-electron chi connectivity index (χ2n) is 7.29. The van der Waals surface area contributed by atoms with E-state index in [2.05, 4.69) is 4.72 Å². The first-order chi connectivity index (χ1) is 11.8. The van der Waals surface area contributed by atoms with Gasteiger partial charge < -0.3 is 9.29 Å². The molecule has 1 aromatic rings. The molecule has 146 valence electrons. The molecule has 1 rings (SSSR count). The fraction of sp³-hybridized carbons (Fsp3) is 0.556. The summed E-state index contributed by atoms with van der Waals surface area (Å²) in [6.07, 6.45) is 0.572. The maximum atomic E-state index is 12.9. The predicted octanol–water partition coefficient (Wildman–Crippen LogP) is 4.53. The summed E-state index contributed by atoms with van der Waals surface area (Å²) in [4.78, 5) is 25.9. The van der Waals surface area contributed by atoms with E-state index in [-0.39, 0.29) is 15.8 Å². The molecule has 1 amide bonds. The molecular formula is C18H25Cl2NO4S. The molecule has 8 heteroatoms. The Morgan fingerprint density at radius 2 is 1.81 bits per heavy atom. The maximum absolute atomic E-state index is 12.9. The summed E-state index contributed by atoms with van der Waals surface area (Å²) in [6, 6.07) is 4.40. The molecule has 0 fully saturated rings. The van der Waals surface area contributed by atoms with Gasteiger partial charge in [-0.05, 0) is 45.7 Å². The Bertz CT molecular complexity index is 678. The van der Waals surface area contributed by atoms with Gasteiger partial charge in [0.1, 0.15) is 22.4 Å². The van der Waals surface area contributed by atoms with Gasteiger partial charge in [0.25, 0.3) is 5.91 Å². The molecule has 0 aromatic heterocycles. The monoisotopic (exact) mass is 421 g/mol. The molecule has 0 saturated carbocycles. The van der Waals surface area contributed by atoms with Crippen LogP contribution in [-0.4, -0.2) is 22.0 Å². The van der Waals surface area contributed by atoms with Crippen LogP contribution in [0.25, 0.3) is 0 Å². The Morgan fingerprint density at radius 3 is 2.27 bits per heavy atom. The molecule has 2 unspecified atom stereocenters. The van der Waals surface area contributed by atoms with E-state index in [0.717, 1.165) is 0 Å². The number of amides is 1. The predicted molar refractivity (Wildman–Crippen MR) is 104 cm³/mol. The van der Waals surface area contributed by atoms with Crippen LogP contribution in [0.4, 0.5) is 0 Å². The van der Waals surface area contributed by atoms with Gasteiger partial charge in [-0.1, -0.05) is 43.5 Å². The molecule has 1 aromatic carbocycles. The van der Waals surface area contributed by atoms with Crippen molar-refractivity contribution in [3.63, 3.8) is 0 Å². The van der Waals surface area contributed by atoms with Gasteiger partial charge in [0.2, 0.25) is 0 Å². The molecular weight excluding hydrogens is 397 g/mol. The zero-order valence-corrected chi connectivity index (χ0v) is 18.1. The van der Waals surface area contributed by atoms with Crippen molar-refractivity contribution >= 4 is 46.4 Å². The van der Waals surface area contributed by atoms with Crippen molar-refractivity contribution in [3.8, 4) is 0 Å². The van der Waals surface area contributed by atoms with Gasteiger partial charge >= 0.3 is 5.97 Å². The molecule has 1 N–H and O–H groups in total. The van der Waals surface area contributed by atoms with Crippen LogP contribution >= 0.6 is 23.2 Å². The Balaban J connectivity index is 3.09. The largest absolute Gasteiger partial charge is 0.588 e. The normalized spacial score (nSPS) is 16.3. The van der Waals surface area contributed by atoms with Gasteiger partial charge in [-0.3, -0.25) is 9.59 Å². The van der Waals surface area contributed by atoms with Crippen molar-refractivity contribution in [2.24, 2.45) is 11.3 Å². The summed E-state index contributed by atoms with van der Waals surface area (Å²) in [5.41, 5.74) is -2.22. The summed E-state index contributed by atoms with van der Waals surface area (Å²) >= 11 is 9.89. The number of rotatable bonds is 6. The van der Waals surface area contributed by atoms with Crippen molar-refractivity contribution in [2.45, 2.75) is 58.5 Å². The molecule has 0 spiro atoms. The molecule has 0 aliphatic heterocycles. The van der Waals surface area contributed by atoms with Crippen LogP contribution in [0.5, 0.6) is 0 Å². The summed E-state index contributed by atoms with van der Waals surface area (Å²) < 4.78 is 20.3. The fourth-order valence-electron chi connectivity index (χ4n) is 2.15. The van der Waals surface area contributed by atoms with Gasteiger partial charge in [-0.15, -0.1) is 0 Å². The Morgan fingerprint density at radius 1 is 1.23 bits per heavy atom. The van der Waals surface area contributed by atoms with Crippen LogP contribution < -0.4 is 4.72 Å². The van der Waals surface area contributed by atoms with E-state index < -0.39 is 34.3 Å². The smallest absolute Gasteiger partial charge is 0.322 e. The van der Waals surface area contributed by atoms with Crippen LogP contribution in [0.2, 0.25) is 10.0 Å².